The van der Waals surface area contributed by atoms with Crippen LogP contribution in [0, 0.1) is 11.8 Å². The molecule has 4 rings (SSSR count). The van der Waals surface area contributed by atoms with Gasteiger partial charge in [0.05, 0.1) is 31.1 Å². The first-order valence-electron chi connectivity index (χ1n) is 12.3. The van der Waals surface area contributed by atoms with Crippen molar-refractivity contribution in [2.45, 2.75) is 37.5 Å². The third kappa shape index (κ3) is 6.87. The van der Waals surface area contributed by atoms with E-state index in [1.54, 1.807) is 30.3 Å². The Kier molecular flexibility index (Phi) is 8.46. The maximum absolute atomic E-state index is 13.5. The summed E-state index contributed by atoms with van der Waals surface area (Å²) in [5, 5.41) is 3.11. The largest absolute Gasteiger partial charge is 0.495 e. The number of aldehydes is 1. The molecule has 0 saturated carbocycles. The van der Waals surface area contributed by atoms with E-state index in [4.69, 9.17) is 4.74 Å². The summed E-state index contributed by atoms with van der Waals surface area (Å²) >= 11 is 0. The summed E-state index contributed by atoms with van der Waals surface area (Å²) < 4.78 is 45.7. The van der Waals surface area contributed by atoms with Crippen LogP contribution < -0.4 is 25.8 Å². The molecule has 7 nitrogen and oxygen atoms in total. The Morgan fingerprint density at radius 3 is 2.65 bits per heavy atom. The number of hydrogen-bond donors (Lipinski definition) is 3. The molecule has 1 unspecified atom stereocenters. The average Bonchev–Trinajstić information content (AvgIpc) is 3.22. The number of fused-ring (bicyclic) bond motifs is 1. The van der Waals surface area contributed by atoms with E-state index in [9.17, 15) is 18.0 Å². The molecule has 0 bridgehead atoms. The van der Waals surface area contributed by atoms with Gasteiger partial charge >= 0.3 is 6.18 Å². The number of halogens is 3. The van der Waals surface area contributed by atoms with E-state index >= 15 is 0 Å². The molecule has 10 heteroatoms. The SMILES string of the molecule is COc1cc(C=O)ccc1NCC#CC1Cc2c(NNC3CCN(C)CC3)cccc2N1CC(F)(F)F. The Balaban J connectivity index is 1.46. The number of nitrogens with zero attached hydrogens (tertiary/aromatic N) is 2. The van der Waals surface area contributed by atoms with Gasteiger partial charge in [0.1, 0.15) is 18.6 Å². The Morgan fingerprint density at radius 2 is 1.95 bits per heavy atom. The van der Waals surface area contributed by atoms with Crippen molar-refractivity contribution in [3.05, 3.63) is 47.5 Å². The van der Waals surface area contributed by atoms with Crippen LogP contribution >= 0.6 is 0 Å². The topological polar surface area (TPSA) is 68.9 Å². The summed E-state index contributed by atoms with van der Waals surface area (Å²) in [7, 11) is 3.60. The van der Waals surface area contributed by atoms with E-state index in [-0.39, 0.29) is 6.54 Å². The fraction of sp³-hybridized carbons (Fsp3) is 0.444. The Bertz CT molecular complexity index is 1150. The van der Waals surface area contributed by atoms with E-state index in [0.29, 0.717) is 35.2 Å². The minimum Gasteiger partial charge on any atom is -0.495 e. The molecule has 2 heterocycles. The van der Waals surface area contributed by atoms with E-state index in [2.05, 4.69) is 40.0 Å². The third-order valence-electron chi connectivity index (χ3n) is 6.71. The first-order chi connectivity index (χ1) is 17.8. The van der Waals surface area contributed by atoms with E-state index in [1.165, 1.54) is 12.0 Å². The number of anilines is 3. The summed E-state index contributed by atoms with van der Waals surface area (Å²) in [4.78, 5) is 14.6. The number of benzene rings is 2. The van der Waals surface area contributed by atoms with Crippen molar-refractivity contribution in [1.82, 2.24) is 10.3 Å². The van der Waals surface area contributed by atoms with Crippen molar-refractivity contribution in [3.8, 4) is 17.6 Å². The normalized spacial score (nSPS) is 18.1. The number of carbonyl (C=O) groups excluding carboxylic acids is 1. The van der Waals surface area contributed by atoms with Gasteiger partial charge in [-0.05, 0) is 63.3 Å². The molecule has 2 aromatic rings. The standard InChI is InChI=1S/C27H32F3N5O2/c1-34-13-10-20(11-14-34)32-33-23-6-3-7-25-22(23)16-21(35(25)18-27(28,29)30)5-4-12-31-24-9-8-19(17-36)15-26(24)37-2/h3,6-9,15,17,20-21,31-33H,10-14,16,18H2,1-2H3. The van der Waals surface area contributed by atoms with Crippen molar-refractivity contribution in [3.63, 3.8) is 0 Å². The van der Waals surface area contributed by atoms with Crippen LogP contribution in [0.1, 0.15) is 28.8 Å². The van der Waals surface area contributed by atoms with Crippen molar-refractivity contribution in [2.75, 3.05) is 56.0 Å². The lowest BCUT2D eigenvalue weighted by Gasteiger charge is -2.30. The van der Waals surface area contributed by atoms with Crippen LogP contribution in [0.5, 0.6) is 5.75 Å². The molecule has 0 spiro atoms. The lowest BCUT2D eigenvalue weighted by Crippen LogP contribution is -2.43. The predicted octanol–water partition coefficient (Wildman–Crippen LogP) is 3.93. The third-order valence-corrected chi connectivity index (χ3v) is 6.71. The monoisotopic (exact) mass is 515 g/mol. The number of hydrazine groups is 1. The molecule has 2 aliphatic rings. The zero-order valence-electron chi connectivity index (χ0n) is 21.0. The number of carbonyl (C=O) groups is 1. The number of nitrogens with one attached hydrogen (secondary N) is 3. The number of ether oxygens (including phenoxy) is 1. The van der Waals surface area contributed by atoms with Gasteiger partial charge < -0.3 is 25.3 Å². The number of alkyl halides is 3. The Hall–Kier alpha value is -3.42. The van der Waals surface area contributed by atoms with Crippen LogP contribution in [0.3, 0.4) is 0 Å². The van der Waals surface area contributed by atoms with Gasteiger partial charge in [-0.2, -0.15) is 13.2 Å². The highest BCUT2D eigenvalue weighted by Crippen LogP contribution is 2.38. The molecule has 0 aliphatic carbocycles. The molecule has 0 amide bonds. The molecule has 0 aromatic heterocycles. The second-order valence-electron chi connectivity index (χ2n) is 9.37. The number of piperidine rings is 1. The number of likely N-dealkylation sites (tertiary alicyclic amines) is 1. The summed E-state index contributed by atoms with van der Waals surface area (Å²) in [5.41, 5.74) is 9.91. The second-order valence-corrected chi connectivity index (χ2v) is 9.37. The first kappa shape index (κ1) is 26.6. The Labute approximate surface area is 215 Å². The molecule has 198 valence electrons. The second kappa shape index (κ2) is 11.8. The van der Waals surface area contributed by atoms with Gasteiger partial charge in [-0.25, -0.2) is 5.43 Å². The Morgan fingerprint density at radius 1 is 1.16 bits per heavy atom. The highest BCUT2D eigenvalue weighted by atomic mass is 19.4. The van der Waals surface area contributed by atoms with Gasteiger partial charge in [-0.3, -0.25) is 4.79 Å². The van der Waals surface area contributed by atoms with Gasteiger partial charge in [-0.1, -0.05) is 17.9 Å². The molecule has 2 aliphatic heterocycles. The minimum absolute atomic E-state index is 0.215. The highest BCUT2D eigenvalue weighted by molar-refractivity contribution is 5.78. The minimum atomic E-state index is -4.36. The molecule has 2 aromatic carbocycles. The maximum Gasteiger partial charge on any atom is 0.405 e. The molecule has 3 N–H and O–H groups in total. The zero-order chi connectivity index (χ0) is 26.4. The van der Waals surface area contributed by atoms with Gasteiger partial charge in [-0.15, -0.1) is 0 Å². The smallest absolute Gasteiger partial charge is 0.405 e. The zero-order valence-corrected chi connectivity index (χ0v) is 21.0. The van der Waals surface area contributed by atoms with Crippen LogP contribution in [-0.2, 0) is 6.42 Å². The number of hydrogen-bond acceptors (Lipinski definition) is 7. The summed E-state index contributed by atoms with van der Waals surface area (Å²) in [6.07, 6.45) is -1.24. The lowest BCUT2D eigenvalue weighted by molar-refractivity contribution is -0.120. The van der Waals surface area contributed by atoms with E-state index in [0.717, 1.165) is 43.5 Å². The summed E-state index contributed by atoms with van der Waals surface area (Å²) in [6, 6.07) is 10.0. The lowest BCUT2D eigenvalue weighted by atomic mass is 10.1. The molecule has 1 atom stereocenters. The molecule has 37 heavy (non-hydrogen) atoms. The van der Waals surface area contributed by atoms with Crippen molar-refractivity contribution < 1.29 is 22.7 Å². The quantitative estimate of drug-likeness (QED) is 0.280. The molecule has 1 saturated heterocycles. The van der Waals surface area contributed by atoms with Gasteiger partial charge in [0.2, 0.25) is 0 Å². The van der Waals surface area contributed by atoms with E-state index < -0.39 is 18.8 Å². The molecular formula is C27H32F3N5O2. The van der Waals surface area contributed by atoms with Gasteiger partial charge in [0.25, 0.3) is 0 Å². The fourth-order valence-electron chi connectivity index (χ4n) is 4.73. The van der Waals surface area contributed by atoms with Crippen LogP contribution in [0.15, 0.2) is 36.4 Å². The summed E-state index contributed by atoms with van der Waals surface area (Å²) in [6.45, 7) is 1.15. The fourth-order valence-corrected chi connectivity index (χ4v) is 4.73. The van der Waals surface area contributed by atoms with Crippen LogP contribution in [0.2, 0.25) is 0 Å². The molecule has 1 fully saturated rings. The van der Waals surface area contributed by atoms with Crippen molar-refractivity contribution in [2.24, 2.45) is 0 Å². The summed E-state index contributed by atoms with van der Waals surface area (Å²) in [5.74, 6) is 6.50. The van der Waals surface area contributed by atoms with Gasteiger partial charge in [0.15, 0.2) is 0 Å². The van der Waals surface area contributed by atoms with Crippen molar-refractivity contribution >= 4 is 23.3 Å². The maximum atomic E-state index is 13.5. The van der Waals surface area contributed by atoms with Gasteiger partial charge in [0, 0.05) is 29.3 Å². The van der Waals surface area contributed by atoms with Crippen LogP contribution in [0.4, 0.5) is 30.2 Å². The average molecular weight is 516 g/mol. The van der Waals surface area contributed by atoms with E-state index in [1.807, 2.05) is 6.07 Å². The van der Waals surface area contributed by atoms with Crippen molar-refractivity contribution in [1.29, 1.82) is 0 Å². The van der Waals surface area contributed by atoms with Crippen LogP contribution in [-0.4, -0.2) is 69.8 Å². The highest BCUT2D eigenvalue weighted by Gasteiger charge is 2.38. The molecular weight excluding hydrogens is 483 g/mol. The number of methoxy groups -OCH3 is 1. The first-order valence-corrected chi connectivity index (χ1v) is 12.3. The molecule has 0 radical (unpaired) electrons. The predicted molar refractivity (Wildman–Crippen MR) is 139 cm³/mol. The van der Waals surface area contributed by atoms with Crippen LogP contribution in [0.25, 0.3) is 0 Å². The number of rotatable bonds is 8.